The van der Waals surface area contributed by atoms with Crippen molar-refractivity contribution in [3.8, 4) is 0 Å². The number of carbonyl (C=O) groups excluding carboxylic acids is 1. The van der Waals surface area contributed by atoms with E-state index in [1.165, 1.54) is 11.8 Å². The van der Waals surface area contributed by atoms with Gasteiger partial charge in [-0.15, -0.1) is 11.8 Å². The number of amides is 1. The van der Waals surface area contributed by atoms with Crippen LogP contribution in [0.15, 0.2) is 0 Å². The van der Waals surface area contributed by atoms with Gasteiger partial charge >= 0.3 is 5.97 Å². The number of hydrogen-bond donors (Lipinski definition) is 2. The van der Waals surface area contributed by atoms with Crippen molar-refractivity contribution in [3.63, 3.8) is 0 Å². The van der Waals surface area contributed by atoms with E-state index in [-0.39, 0.29) is 11.7 Å². The Hall–Kier alpha value is -0.750. The molecular weight excluding hydrogens is 288 g/mol. The van der Waals surface area contributed by atoms with E-state index in [0.29, 0.717) is 0 Å². The van der Waals surface area contributed by atoms with Crippen molar-refractivity contribution in [2.75, 3.05) is 18.8 Å². The first-order valence-corrected chi connectivity index (χ1v) is 8.64. The highest BCUT2D eigenvalue weighted by molar-refractivity contribution is 8.01. The summed E-state index contributed by atoms with van der Waals surface area (Å²) in [4.78, 5) is 25.2. The minimum absolute atomic E-state index is 0.0764. The maximum Gasteiger partial charge on any atom is 0.321 e. The summed E-state index contributed by atoms with van der Waals surface area (Å²) in [6, 6.07) is -0.977. The molecule has 0 fully saturated rings. The van der Waals surface area contributed by atoms with Crippen molar-refractivity contribution >= 4 is 23.6 Å². The van der Waals surface area contributed by atoms with Gasteiger partial charge in [-0.05, 0) is 26.7 Å². The smallest absolute Gasteiger partial charge is 0.321 e. The van der Waals surface area contributed by atoms with Gasteiger partial charge in [-0.1, -0.05) is 26.7 Å². The van der Waals surface area contributed by atoms with Crippen molar-refractivity contribution in [1.29, 1.82) is 0 Å². The predicted octanol–water partition coefficient (Wildman–Crippen LogP) is 2.34. The molecule has 0 unspecified atom stereocenters. The first-order valence-electron chi connectivity index (χ1n) is 7.66. The molecule has 0 aromatic rings. The lowest BCUT2D eigenvalue weighted by Gasteiger charge is -2.29. The summed E-state index contributed by atoms with van der Waals surface area (Å²) < 4.78 is -0.664. The summed E-state index contributed by atoms with van der Waals surface area (Å²) in [6.07, 6.45) is 4.10. The first-order chi connectivity index (χ1) is 9.76. The Bertz CT molecular complexity index is 327. The van der Waals surface area contributed by atoms with Crippen molar-refractivity contribution in [2.24, 2.45) is 5.73 Å². The highest BCUT2D eigenvalue weighted by Gasteiger charge is 2.33. The summed E-state index contributed by atoms with van der Waals surface area (Å²) in [5.74, 6) is -0.678. The molecule has 21 heavy (non-hydrogen) atoms. The lowest BCUT2D eigenvalue weighted by molar-refractivity contribution is -0.139. The lowest BCUT2D eigenvalue weighted by atomic mass is 10.1. The van der Waals surface area contributed by atoms with Crippen LogP contribution < -0.4 is 5.73 Å². The number of unbranched alkanes of at least 4 members (excludes halogenated alkanes) is 2. The Morgan fingerprint density at radius 2 is 1.67 bits per heavy atom. The van der Waals surface area contributed by atoms with Gasteiger partial charge in [0.1, 0.15) is 6.04 Å². The third-order valence-electron chi connectivity index (χ3n) is 3.50. The maximum absolute atomic E-state index is 12.3. The number of rotatable bonds is 11. The minimum atomic E-state index is -1.03. The average molecular weight is 318 g/mol. The summed E-state index contributed by atoms with van der Waals surface area (Å²) in [7, 11) is 0. The fourth-order valence-electron chi connectivity index (χ4n) is 1.79. The Kier molecular flexibility index (Phi) is 9.70. The predicted molar refractivity (Wildman–Crippen MR) is 88.5 cm³/mol. The molecule has 3 N–H and O–H groups in total. The Labute approximate surface area is 132 Å². The molecule has 0 aromatic heterocycles. The largest absolute Gasteiger partial charge is 0.480 e. The normalized spacial score (nSPS) is 13.0. The fourth-order valence-corrected chi connectivity index (χ4v) is 2.74. The van der Waals surface area contributed by atoms with Crippen molar-refractivity contribution in [2.45, 2.75) is 64.2 Å². The number of thioether (sulfide) groups is 1. The molecule has 0 saturated heterocycles. The van der Waals surface area contributed by atoms with E-state index in [0.717, 1.165) is 38.8 Å². The summed E-state index contributed by atoms with van der Waals surface area (Å²) in [5, 5.41) is 8.99. The number of hydrogen-bond acceptors (Lipinski definition) is 4. The lowest BCUT2D eigenvalue weighted by Crippen LogP contribution is -2.47. The number of nitrogens with zero attached hydrogens (tertiary/aromatic N) is 1. The molecule has 0 spiro atoms. The Morgan fingerprint density at radius 3 is 2.05 bits per heavy atom. The van der Waals surface area contributed by atoms with Crippen molar-refractivity contribution in [3.05, 3.63) is 0 Å². The number of carboxylic acid groups (broad SMARTS) is 1. The van der Waals surface area contributed by atoms with Gasteiger partial charge in [0.15, 0.2) is 0 Å². The quantitative estimate of drug-likeness (QED) is 0.611. The Morgan fingerprint density at radius 1 is 1.19 bits per heavy atom. The number of nitrogens with two attached hydrogens (primary N) is 1. The van der Waals surface area contributed by atoms with Crippen LogP contribution in [0.1, 0.15) is 53.4 Å². The molecule has 0 heterocycles. The number of aliphatic carboxylic acids is 1. The maximum atomic E-state index is 12.3. The fraction of sp³-hybridized carbons (Fsp3) is 0.867. The average Bonchev–Trinajstić information content (AvgIpc) is 2.44. The zero-order valence-electron chi connectivity index (χ0n) is 13.7. The molecule has 0 bridgehead atoms. The van der Waals surface area contributed by atoms with Gasteiger partial charge in [-0.2, -0.15) is 0 Å². The molecular formula is C15H30N2O3S. The van der Waals surface area contributed by atoms with Gasteiger partial charge in [-0.25, -0.2) is 0 Å². The molecule has 0 radical (unpaired) electrons. The molecule has 5 nitrogen and oxygen atoms in total. The second-order valence-corrected chi connectivity index (χ2v) is 7.43. The molecule has 1 amide bonds. The monoisotopic (exact) mass is 318 g/mol. The third kappa shape index (κ3) is 7.71. The van der Waals surface area contributed by atoms with Crippen LogP contribution in [0, 0.1) is 0 Å². The van der Waals surface area contributed by atoms with Gasteiger partial charge in [0.2, 0.25) is 5.91 Å². The van der Waals surface area contributed by atoms with Crippen molar-refractivity contribution in [1.82, 2.24) is 4.90 Å². The SMILES string of the molecule is CCCCN(CCCC)C(=O)CSC(C)(C)[C@@H](N)C(=O)O. The molecule has 0 aromatic carbocycles. The minimum Gasteiger partial charge on any atom is -0.480 e. The first kappa shape index (κ1) is 20.2. The zero-order valence-corrected chi connectivity index (χ0v) is 14.5. The zero-order chi connectivity index (χ0) is 16.5. The molecule has 124 valence electrons. The molecule has 0 aliphatic rings. The molecule has 1 atom stereocenters. The van der Waals surface area contributed by atoms with Crippen LogP contribution >= 0.6 is 11.8 Å². The second-order valence-electron chi connectivity index (χ2n) is 5.80. The van der Waals surface area contributed by atoms with E-state index in [1.807, 2.05) is 4.90 Å². The topological polar surface area (TPSA) is 83.6 Å². The second kappa shape index (κ2) is 10.1. The van der Waals surface area contributed by atoms with Crippen LogP contribution in [0.4, 0.5) is 0 Å². The summed E-state index contributed by atoms with van der Waals surface area (Å²) in [6.45, 7) is 9.30. The van der Waals surface area contributed by atoms with E-state index < -0.39 is 16.8 Å². The number of carbonyl (C=O) groups is 2. The van der Waals surface area contributed by atoms with Gasteiger partial charge in [0.05, 0.1) is 5.75 Å². The van der Waals surface area contributed by atoms with E-state index in [1.54, 1.807) is 13.8 Å². The van der Waals surface area contributed by atoms with Crippen LogP contribution in [-0.4, -0.2) is 51.5 Å². The standard InChI is InChI=1S/C15H30N2O3S/c1-5-7-9-17(10-8-6-2)12(18)11-21-15(3,4)13(16)14(19)20/h13H,5-11,16H2,1-4H3,(H,19,20)/t13-/m0/s1. The summed E-state index contributed by atoms with van der Waals surface area (Å²) in [5.41, 5.74) is 5.67. The van der Waals surface area contributed by atoms with Gasteiger partial charge < -0.3 is 15.7 Å². The van der Waals surface area contributed by atoms with Crippen LogP contribution in [0.2, 0.25) is 0 Å². The van der Waals surface area contributed by atoms with Crippen LogP contribution in [0.25, 0.3) is 0 Å². The van der Waals surface area contributed by atoms with Gasteiger partial charge in [0.25, 0.3) is 0 Å². The molecule has 0 saturated carbocycles. The van der Waals surface area contributed by atoms with Gasteiger partial charge in [-0.3, -0.25) is 9.59 Å². The van der Waals surface area contributed by atoms with Crippen molar-refractivity contribution < 1.29 is 14.7 Å². The molecule has 0 aliphatic carbocycles. The van der Waals surface area contributed by atoms with Crippen LogP contribution in [-0.2, 0) is 9.59 Å². The Balaban J connectivity index is 4.49. The van der Waals surface area contributed by atoms with Gasteiger partial charge in [0, 0.05) is 17.8 Å². The highest BCUT2D eigenvalue weighted by atomic mass is 32.2. The molecule has 0 rings (SSSR count). The van der Waals surface area contributed by atoms with E-state index in [2.05, 4.69) is 13.8 Å². The highest BCUT2D eigenvalue weighted by Crippen LogP contribution is 2.27. The molecule has 0 aliphatic heterocycles. The molecule has 6 heteroatoms. The van der Waals surface area contributed by atoms with Crippen LogP contribution in [0.5, 0.6) is 0 Å². The van der Waals surface area contributed by atoms with E-state index in [4.69, 9.17) is 10.8 Å². The van der Waals surface area contributed by atoms with Crippen LogP contribution in [0.3, 0.4) is 0 Å². The third-order valence-corrected chi connectivity index (χ3v) is 4.89. The number of carboxylic acids is 1. The summed E-state index contributed by atoms with van der Waals surface area (Å²) >= 11 is 1.32. The van der Waals surface area contributed by atoms with E-state index >= 15 is 0 Å². The van der Waals surface area contributed by atoms with E-state index in [9.17, 15) is 9.59 Å².